The molecule has 4 rings (SSSR count). The van der Waals surface area contributed by atoms with Crippen LogP contribution in [0.15, 0.2) is 18.2 Å². The maximum Gasteiger partial charge on any atom is 0.427 e. The highest BCUT2D eigenvalue weighted by atomic mass is 28.3. The second-order valence-electron chi connectivity index (χ2n) is 11.4. The van der Waals surface area contributed by atoms with Crippen LogP contribution >= 0.6 is 0 Å². The van der Waals surface area contributed by atoms with Gasteiger partial charge in [-0.25, -0.2) is 9.78 Å². The van der Waals surface area contributed by atoms with Crippen molar-refractivity contribution in [1.82, 2.24) is 15.3 Å². The maximum absolute atomic E-state index is 14.7. The van der Waals surface area contributed by atoms with E-state index in [0.717, 1.165) is 24.4 Å². The number of methoxy groups -OCH3 is 1. The number of halogens is 3. The van der Waals surface area contributed by atoms with Crippen molar-refractivity contribution in [1.29, 1.82) is 0 Å². The number of urea groups is 1. The van der Waals surface area contributed by atoms with Gasteiger partial charge in [-0.1, -0.05) is 43.6 Å². The minimum Gasteiger partial charge on any atom is -0.481 e. The minimum atomic E-state index is -4.84. The molecule has 1 aromatic carbocycles. The number of anilines is 1. The lowest BCUT2D eigenvalue weighted by atomic mass is 9.84. The number of fused-ring (bicyclic) bond motifs is 1. The smallest absolute Gasteiger partial charge is 0.427 e. The van der Waals surface area contributed by atoms with E-state index in [1.807, 2.05) is 6.92 Å². The zero-order valence-corrected chi connectivity index (χ0v) is 24.3. The monoisotopic (exact) mass is 560 g/mol. The topological polar surface area (TPSA) is 76.6 Å². The molecular formula is C28H35F3N4O3Si. The molecule has 210 valence electrons. The third kappa shape index (κ3) is 6.39. The molecule has 39 heavy (non-hydrogen) atoms. The van der Waals surface area contributed by atoms with Gasteiger partial charge < -0.3 is 14.8 Å². The number of nitrogens with zero attached hydrogens (tertiary/aromatic N) is 3. The van der Waals surface area contributed by atoms with Crippen molar-refractivity contribution in [3.63, 3.8) is 0 Å². The number of rotatable bonds is 8. The lowest BCUT2D eigenvalue weighted by Gasteiger charge is -2.41. The zero-order chi connectivity index (χ0) is 28.6. The Hall–Kier alpha value is -3.10. The van der Waals surface area contributed by atoms with E-state index in [1.54, 1.807) is 19.1 Å². The Morgan fingerprint density at radius 3 is 2.54 bits per heavy atom. The third-order valence-corrected chi connectivity index (χ3v) is 8.55. The summed E-state index contributed by atoms with van der Waals surface area (Å²) in [6.07, 6.45) is -3.01. The number of aryl methyl sites for hydroxylation is 2. The molecule has 11 heteroatoms. The minimum absolute atomic E-state index is 0.0799. The van der Waals surface area contributed by atoms with Crippen LogP contribution in [0.5, 0.6) is 5.88 Å². The van der Waals surface area contributed by atoms with Gasteiger partial charge in [-0.05, 0) is 44.4 Å². The van der Waals surface area contributed by atoms with Crippen LogP contribution in [-0.4, -0.2) is 50.7 Å². The largest absolute Gasteiger partial charge is 0.481 e. The molecule has 0 spiro atoms. The summed E-state index contributed by atoms with van der Waals surface area (Å²) in [6.45, 7) is 10.4. The number of hydrogen-bond acceptors (Lipinski definition) is 5. The molecule has 7 nitrogen and oxygen atoms in total. The second kappa shape index (κ2) is 10.8. The standard InChI is InChI=1S/C28H35F3N4O3Si/c1-18-22(25(37-3)33-19(2)32-18)15-21-9-10-23-24(16-21)35(17-38-13-14-39(4,5)6)26(36)34-27(23,28(29,30)31)12-11-20-7-8-20/h9-10,16,20H,7-8,13-15,17H2,1-6H3,(H,34,36)/t27-/m0/s1. The van der Waals surface area contributed by atoms with Crippen LogP contribution in [0.3, 0.4) is 0 Å². The first-order valence-corrected chi connectivity index (χ1v) is 16.7. The Balaban J connectivity index is 1.78. The van der Waals surface area contributed by atoms with Crippen molar-refractivity contribution < 1.29 is 27.4 Å². The number of alkyl halides is 3. The van der Waals surface area contributed by atoms with Crippen LogP contribution in [0.1, 0.15) is 41.1 Å². The van der Waals surface area contributed by atoms with Crippen molar-refractivity contribution in [3.8, 4) is 17.7 Å². The highest BCUT2D eigenvalue weighted by Crippen LogP contribution is 2.46. The molecule has 0 bridgehead atoms. The van der Waals surface area contributed by atoms with Gasteiger partial charge in [0.05, 0.1) is 12.8 Å². The summed E-state index contributed by atoms with van der Waals surface area (Å²) in [4.78, 5) is 23.3. The van der Waals surface area contributed by atoms with E-state index in [1.165, 1.54) is 18.1 Å². The number of carbonyl (C=O) groups excluding carboxylic acids is 1. The SMILES string of the molecule is COc1nc(C)nc(C)c1Cc1ccc2c(c1)N(COCC[Si](C)(C)C)C(=O)N[C@]2(C#CC1CC1)C(F)(F)F. The molecule has 1 aromatic heterocycles. The van der Waals surface area contributed by atoms with E-state index < -0.39 is 25.8 Å². The molecule has 2 aromatic rings. The van der Waals surface area contributed by atoms with E-state index in [2.05, 4.69) is 46.8 Å². The first-order valence-electron chi connectivity index (χ1n) is 13.0. The van der Waals surface area contributed by atoms with Crippen molar-refractivity contribution in [2.45, 2.75) is 70.5 Å². The van der Waals surface area contributed by atoms with Gasteiger partial charge in [-0.3, -0.25) is 4.90 Å². The summed E-state index contributed by atoms with van der Waals surface area (Å²) < 4.78 is 55.4. The lowest BCUT2D eigenvalue weighted by Crippen LogP contribution is -2.62. The third-order valence-electron chi connectivity index (χ3n) is 6.84. The van der Waals surface area contributed by atoms with Gasteiger partial charge >= 0.3 is 12.2 Å². The molecule has 2 amide bonds. The normalized spacial score (nSPS) is 19.2. The van der Waals surface area contributed by atoms with Gasteiger partial charge in [0.15, 0.2) is 0 Å². The average molecular weight is 561 g/mol. The number of nitrogens with one attached hydrogen (secondary N) is 1. The van der Waals surface area contributed by atoms with E-state index in [0.29, 0.717) is 36.0 Å². The summed E-state index contributed by atoms with van der Waals surface area (Å²) in [5.74, 6) is 6.04. The molecule has 2 aliphatic rings. The van der Waals surface area contributed by atoms with Gasteiger partial charge in [0.25, 0.3) is 0 Å². The Morgan fingerprint density at radius 2 is 1.92 bits per heavy atom. The molecule has 1 atom stereocenters. The molecule has 0 saturated heterocycles. The van der Waals surface area contributed by atoms with Crippen LogP contribution in [-0.2, 0) is 16.7 Å². The van der Waals surface area contributed by atoms with Crippen LogP contribution < -0.4 is 15.0 Å². The van der Waals surface area contributed by atoms with Crippen molar-refractivity contribution in [3.05, 3.63) is 46.4 Å². The van der Waals surface area contributed by atoms with Crippen molar-refractivity contribution in [2.75, 3.05) is 25.3 Å². The quantitative estimate of drug-likeness (QED) is 0.254. The first kappa shape index (κ1) is 28.9. The zero-order valence-electron chi connectivity index (χ0n) is 23.3. The number of aromatic nitrogens is 2. The highest BCUT2D eigenvalue weighted by molar-refractivity contribution is 6.76. The van der Waals surface area contributed by atoms with Gasteiger partial charge in [-0.2, -0.15) is 18.2 Å². The molecular weight excluding hydrogens is 525 g/mol. The molecule has 0 unspecified atom stereocenters. The van der Waals surface area contributed by atoms with Crippen LogP contribution in [0.4, 0.5) is 23.7 Å². The fourth-order valence-corrected chi connectivity index (χ4v) is 5.16. The number of hydrogen-bond donors (Lipinski definition) is 1. The lowest BCUT2D eigenvalue weighted by molar-refractivity contribution is -0.179. The van der Waals surface area contributed by atoms with Gasteiger partial charge in [0.2, 0.25) is 11.4 Å². The molecule has 0 radical (unpaired) electrons. The second-order valence-corrected chi connectivity index (χ2v) is 17.0. The molecule has 1 N–H and O–H groups in total. The number of benzene rings is 1. The fourth-order valence-electron chi connectivity index (χ4n) is 4.41. The molecule has 1 aliphatic heterocycles. The predicted molar refractivity (Wildman–Crippen MR) is 146 cm³/mol. The van der Waals surface area contributed by atoms with Crippen LogP contribution in [0.2, 0.25) is 25.7 Å². The molecule has 1 saturated carbocycles. The molecule has 1 fully saturated rings. The van der Waals surface area contributed by atoms with Crippen molar-refractivity contribution >= 4 is 19.8 Å². The number of amides is 2. The summed E-state index contributed by atoms with van der Waals surface area (Å²) in [6, 6.07) is 4.60. The number of ether oxygens (including phenoxy) is 2. The summed E-state index contributed by atoms with van der Waals surface area (Å²) >= 11 is 0. The number of carbonyl (C=O) groups is 1. The highest BCUT2D eigenvalue weighted by Gasteiger charge is 2.60. The van der Waals surface area contributed by atoms with Crippen molar-refractivity contribution in [2.24, 2.45) is 5.92 Å². The average Bonchev–Trinajstić information content (AvgIpc) is 3.66. The Bertz CT molecular complexity index is 1310. The van der Waals surface area contributed by atoms with Crippen LogP contribution in [0, 0.1) is 31.6 Å². The maximum atomic E-state index is 14.7. The van der Waals surface area contributed by atoms with E-state index in [9.17, 15) is 18.0 Å². The molecule has 1 aliphatic carbocycles. The molecule has 2 heterocycles. The van der Waals surface area contributed by atoms with Gasteiger partial charge in [0.1, 0.15) is 12.6 Å². The van der Waals surface area contributed by atoms with Crippen LogP contribution in [0.25, 0.3) is 0 Å². The van der Waals surface area contributed by atoms with E-state index in [-0.39, 0.29) is 23.9 Å². The Kier molecular flexibility index (Phi) is 8.01. The van der Waals surface area contributed by atoms with Gasteiger partial charge in [-0.15, -0.1) is 0 Å². The summed E-state index contributed by atoms with van der Waals surface area (Å²) in [7, 11) is 0.110. The Morgan fingerprint density at radius 1 is 1.21 bits per heavy atom. The Labute approximate surface area is 228 Å². The van der Waals surface area contributed by atoms with E-state index in [4.69, 9.17) is 9.47 Å². The van der Waals surface area contributed by atoms with E-state index >= 15 is 0 Å². The fraction of sp³-hybridized carbons (Fsp3) is 0.536. The van der Waals surface area contributed by atoms with Gasteiger partial charge in [0, 0.05) is 43.8 Å². The predicted octanol–water partition coefficient (Wildman–Crippen LogP) is 5.71. The summed E-state index contributed by atoms with van der Waals surface area (Å²) in [5.41, 5.74) is -0.704. The first-order chi connectivity index (χ1) is 18.2. The summed E-state index contributed by atoms with van der Waals surface area (Å²) in [5, 5.41) is 2.20.